The van der Waals surface area contributed by atoms with Crippen LogP contribution in [-0.2, 0) is 16.8 Å². The number of aryl methyl sites for hydroxylation is 1. The molecule has 3 heterocycles. The topological polar surface area (TPSA) is 72.5 Å². The zero-order valence-corrected chi connectivity index (χ0v) is 16.9. The number of nitrogens with zero attached hydrogens (tertiary/aromatic N) is 4. The molecule has 8 heteroatoms. The average molecular weight is 390 g/mol. The maximum absolute atomic E-state index is 13.0. The quantitative estimate of drug-likeness (QED) is 0.844. The van der Waals surface area contributed by atoms with Crippen molar-refractivity contribution in [3.8, 4) is 0 Å². The smallest absolute Gasteiger partial charge is 0.282 e. The van der Waals surface area contributed by atoms with Crippen molar-refractivity contribution in [3.63, 3.8) is 0 Å². The van der Waals surface area contributed by atoms with Gasteiger partial charge in [-0.3, -0.25) is 4.90 Å². The van der Waals surface area contributed by atoms with Crippen molar-refractivity contribution in [3.05, 3.63) is 53.6 Å². The van der Waals surface area contributed by atoms with Crippen molar-refractivity contribution in [1.82, 2.24) is 23.5 Å². The van der Waals surface area contributed by atoms with Crippen LogP contribution in [0.15, 0.2) is 36.8 Å². The lowest BCUT2D eigenvalue weighted by atomic mass is 9.88. The van der Waals surface area contributed by atoms with Crippen LogP contribution in [0.4, 0.5) is 0 Å². The van der Waals surface area contributed by atoms with E-state index in [-0.39, 0.29) is 6.04 Å². The van der Waals surface area contributed by atoms with Gasteiger partial charge in [0.15, 0.2) is 0 Å². The van der Waals surface area contributed by atoms with E-state index in [0.29, 0.717) is 18.4 Å². The number of likely N-dealkylation sites (tertiary alicyclic amines) is 1. The summed E-state index contributed by atoms with van der Waals surface area (Å²) >= 11 is 0. The normalized spacial score (nSPS) is 26.7. The first kappa shape index (κ1) is 18.6. The van der Waals surface area contributed by atoms with Gasteiger partial charge in [-0.05, 0) is 29.9 Å². The van der Waals surface area contributed by atoms with E-state index >= 15 is 0 Å². The van der Waals surface area contributed by atoms with Crippen LogP contribution in [0.2, 0.25) is 0 Å². The second-order valence-corrected chi connectivity index (χ2v) is 9.95. The molecule has 2 aromatic rings. The third kappa shape index (κ3) is 3.31. The van der Waals surface area contributed by atoms with Gasteiger partial charge < -0.3 is 4.98 Å². The number of fused-ring (bicyclic) bond motifs is 1. The number of aromatic amines is 1. The van der Waals surface area contributed by atoms with Crippen molar-refractivity contribution in [2.75, 3.05) is 33.7 Å². The molecule has 3 atom stereocenters. The Morgan fingerprint density at radius 1 is 1.22 bits per heavy atom. The lowest BCUT2D eigenvalue weighted by Crippen LogP contribution is -2.42. The van der Waals surface area contributed by atoms with Gasteiger partial charge in [-0.25, -0.2) is 4.98 Å². The van der Waals surface area contributed by atoms with Gasteiger partial charge >= 0.3 is 0 Å². The van der Waals surface area contributed by atoms with Crippen LogP contribution in [0.1, 0.15) is 22.9 Å². The minimum Gasteiger partial charge on any atom is -0.347 e. The molecule has 0 spiro atoms. The zero-order chi connectivity index (χ0) is 19.2. The maximum atomic E-state index is 13.0. The second kappa shape index (κ2) is 7.01. The Kier molecular flexibility index (Phi) is 4.84. The SMILES string of the molecule is Cc1ccccc1[C@H]1[C@H]2CN(Cc3cnc[nH]3)C[C@H]2CN1S(=O)(=O)N(C)C. The summed E-state index contributed by atoms with van der Waals surface area (Å²) in [4.78, 5) is 9.67. The predicted molar refractivity (Wildman–Crippen MR) is 104 cm³/mol. The number of hydrogen-bond acceptors (Lipinski definition) is 4. The molecule has 0 radical (unpaired) electrons. The molecule has 2 aliphatic rings. The van der Waals surface area contributed by atoms with Crippen LogP contribution < -0.4 is 0 Å². The number of rotatable bonds is 5. The van der Waals surface area contributed by atoms with Crippen LogP contribution in [0.5, 0.6) is 0 Å². The van der Waals surface area contributed by atoms with Crippen LogP contribution in [0.3, 0.4) is 0 Å². The van der Waals surface area contributed by atoms with Gasteiger partial charge in [-0.15, -0.1) is 0 Å². The summed E-state index contributed by atoms with van der Waals surface area (Å²) in [5.41, 5.74) is 3.37. The van der Waals surface area contributed by atoms with E-state index in [1.807, 2.05) is 18.3 Å². The average Bonchev–Trinajstić information content (AvgIpc) is 3.32. The maximum Gasteiger partial charge on any atom is 0.282 e. The van der Waals surface area contributed by atoms with Crippen LogP contribution in [-0.4, -0.2) is 65.6 Å². The lowest BCUT2D eigenvalue weighted by molar-refractivity contribution is 0.252. The molecule has 0 aliphatic carbocycles. The molecule has 1 aromatic carbocycles. The molecule has 0 unspecified atom stereocenters. The summed E-state index contributed by atoms with van der Waals surface area (Å²) in [6.45, 7) is 5.27. The highest BCUT2D eigenvalue weighted by Gasteiger charge is 2.52. The van der Waals surface area contributed by atoms with Crippen molar-refractivity contribution in [2.24, 2.45) is 11.8 Å². The van der Waals surface area contributed by atoms with Gasteiger partial charge in [0.1, 0.15) is 0 Å². The van der Waals surface area contributed by atoms with E-state index in [1.54, 1.807) is 24.7 Å². The third-order valence-electron chi connectivity index (χ3n) is 5.91. The fourth-order valence-electron chi connectivity index (χ4n) is 4.59. The Morgan fingerprint density at radius 3 is 2.67 bits per heavy atom. The first-order valence-corrected chi connectivity index (χ1v) is 10.7. The molecule has 2 aliphatic heterocycles. The number of imidazole rings is 1. The summed E-state index contributed by atoms with van der Waals surface area (Å²) < 4.78 is 29.1. The number of benzene rings is 1. The Morgan fingerprint density at radius 2 is 2.00 bits per heavy atom. The Bertz CT molecular complexity index is 897. The van der Waals surface area contributed by atoms with Gasteiger partial charge in [-0.2, -0.15) is 17.0 Å². The van der Waals surface area contributed by atoms with Gasteiger partial charge in [0.2, 0.25) is 0 Å². The van der Waals surface area contributed by atoms with Gasteiger partial charge in [0.25, 0.3) is 10.2 Å². The van der Waals surface area contributed by atoms with E-state index in [4.69, 9.17) is 0 Å². The van der Waals surface area contributed by atoms with Gasteiger partial charge in [0.05, 0.1) is 12.4 Å². The minimum atomic E-state index is -3.47. The second-order valence-electron chi connectivity index (χ2n) is 7.86. The summed E-state index contributed by atoms with van der Waals surface area (Å²) in [5, 5.41) is 0. The first-order chi connectivity index (χ1) is 12.9. The number of hydrogen-bond donors (Lipinski definition) is 1. The van der Waals surface area contributed by atoms with Crippen LogP contribution in [0.25, 0.3) is 0 Å². The predicted octanol–water partition coefficient (Wildman–Crippen LogP) is 1.63. The van der Waals surface area contributed by atoms with Crippen molar-refractivity contribution in [1.29, 1.82) is 0 Å². The highest BCUT2D eigenvalue weighted by atomic mass is 32.2. The number of H-pyrrole nitrogens is 1. The zero-order valence-electron chi connectivity index (χ0n) is 16.0. The molecular weight excluding hydrogens is 362 g/mol. The van der Waals surface area contributed by atoms with Crippen molar-refractivity contribution < 1.29 is 8.42 Å². The van der Waals surface area contributed by atoms with Crippen LogP contribution in [0, 0.1) is 18.8 Å². The molecule has 27 heavy (non-hydrogen) atoms. The molecular formula is C19H27N5O2S. The highest BCUT2D eigenvalue weighted by molar-refractivity contribution is 7.86. The molecule has 4 rings (SSSR count). The standard InChI is InChI=1S/C19H27N5O2S/c1-14-6-4-5-7-17(14)19-18-12-23(11-16-8-20-13-21-16)9-15(18)10-24(19)27(25,26)22(2)3/h4-8,13,15,18-19H,9-12H2,1-3H3,(H,20,21)/t15-,18-,19-/m0/s1. The molecule has 7 nitrogen and oxygen atoms in total. The molecule has 2 fully saturated rings. The molecule has 1 aromatic heterocycles. The van der Waals surface area contributed by atoms with E-state index < -0.39 is 10.2 Å². The summed E-state index contributed by atoms with van der Waals surface area (Å²) in [5.74, 6) is 0.635. The monoisotopic (exact) mass is 389 g/mol. The van der Waals surface area contributed by atoms with E-state index in [1.165, 1.54) is 4.31 Å². The van der Waals surface area contributed by atoms with Gasteiger partial charge in [-0.1, -0.05) is 24.3 Å². The molecule has 0 bridgehead atoms. The van der Waals surface area contributed by atoms with Crippen molar-refractivity contribution >= 4 is 10.2 Å². The first-order valence-electron chi connectivity index (χ1n) is 9.32. The Labute approximate surface area is 161 Å². The lowest BCUT2D eigenvalue weighted by Gasteiger charge is -2.31. The van der Waals surface area contributed by atoms with Crippen LogP contribution >= 0.6 is 0 Å². The van der Waals surface area contributed by atoms with E-state index in [0.717, 1.165) is 36.5 Å². The molecule has 2 saturated heterocycles. The molecule has 146 valence electrons. The minimum absolute atomic E-state index is 0.115. The fourth-order valence-corrected chi connectivity index (χ4v) is 5.95. The molecule has 0 saturated carbocycles. The van der Waals surface area contributed by atoms with Crippen molar-refractivity contribution in [2.45, 2.75) is 19.5 Å². The largest absolute Gasteiger partial charge is 0.347 e. The highest BCUT2D eigenvalue weighted by Crippen LogP contribution is 2.47. The molecule has 1 N–H and O–H groups in total. The fraction of sp³-hybridized carbons (Fsp3) is 0.526. The van der Waals surface area contributed by atoms with E-state index in [9.17, 15) is 8.42 Å². The third-order valence-corrected chi connectivity index (χ3v) is 7.80. The summed E-state index contributed by atoms with van der Waals surface area (Å²) in [7, 11) is -0.240. The van der Waals surface area contributed by atoms with E-state index in [2.05, 4.69) is 33.9 Å². The summed E-state index contributed by atoms with van der Waals surface area (Å²) in [6.07, 6.45) is 3.56. The number of nitrogens with one attached hydrogen (secondary N) is 1. The number of aromatic nitrogens is 2. The Hall–Kier alpha value is -1.74. The summed E-state index contributed by atoms with van der Waals surface area (Å²) in [6, 6.07) is 8.05. The Balaban J connectivity index is 1.65. The van der Waals surface area contributed by atoms with Gasteiger partial charge in [0, 0.05) is 52.2 Å². The molecule has 0 amide bonds.